The van der Waals surface area contributed by atoms with Crippen LogP contribution >= 0.6 is 0 Å². The largest absolute Gasteiger partial charge is 0.361 e. The van der Waals surface area contributed by atoms with Gasteiger partial charge in [0.15, 0.2) is 0 Å². The fourth-order valence-corrected chi connectivity index (χ4v) is 14.2. The highest BCUT2D eigenvalue weighted by molar-refractivity contribution is 5.91. The average molecular weight is 1060 g/mol. The third kappa shape index (κ3) is 11.0. The van der Waals surface area contributed by atoms with Gasteiger partial charge in [-0.3, -0.25) is 14.4 Å². The highest BCUT2D eigenvalue weighted by atomic mass is 16.2. The van der Waals surface area contributed by atoms with Gasteiger partial charge in [0.25, 0.3) is 0 Å². The number of hydrogen-bond donors (Lipinski definition) is 6. The molecule has 0 bridgehead atoms. The third-order valence-electron chi connectivity index (χ3n) is 17.6. The number of likely N-dealkylation sites (N-methyl/N-ethyl adjacent to an activating group) is 6. The summed E-state index contributed by atoms with van der Waals surface area (Å²) in [5.41, 5.74) is 11.9. The van der Waals surface area contributed by atoms with E-state index in [0.717, 1.165) is 58.2 Å². The van der Waals surface area contributed by atoms with E-state index >= 15 is 0 Å². The van der Waals surface area contributed by atoms with Crippen molar-refractivity contribution in [2.75, 3.05) is 81.6 Å². The van der Waals surface area contributed by atoms with Crippen LogP contribution in [0.25, 0.3) is 32.7 Å². The topological polar surface area (TPSA) is 205 Å². The number of fused-ring (bicyclic) bond motifs is 6. The van der Waals surface area contributed by atoms with Crippen molar-refractivity contribution in [2.24, 2.45) is 0 Å². The number of aromatic nitrogens is 3. The number of Topliss-reactive ketones (excluding diaryl/α,β-unsaturated/α-hetero) is 3. The van der Waals surface area contributed by atoms with Gasteiger partial charge in [-0.15, -0.1) is 0 Å². The van der Waals surface area contributed by atoms with Gasteiger partial charge in [-0.1, -0.05) is 36.4 Å². The second-order valence-electron chi connectivity index (χ2n) is 23.5. The molecule has 3 aromatic carbocycles. The number of urea groups is 3. The van der Waals surface area contributed by atoms with E-state index in [0.29, 0.717) is 35.9 Å². The Balaban J connectivity index is 0.000000132. The number of ketones is 3. The Hall–Kier alpha value is -7.02. The predicted octanol–water partition coefficient (Wildman–Crippen LogP) is 6.33. The van der Waals surface area contributed by atoms with E-state index in [-0.39, 0.29) is 73.2 Å². The molecule has 3 saturated heterocycles. The zero-order chi connectivity index (χ0) is 55.3. The zero-order valence-electron chi connectivity index (χ0n) is 46.7. The summed E-state index contributed by atoms with van der Waals surface area (Å²) in [6.45, 7) is 7.43. The molecule has 3 aromatic heterocycles. The van der Waals surface area contributed by atoms with Gasteiger partial charge in [-0.05, 0) is 132 Å². The van der Waals surface area contributed by atoms with Gasteiger partial charge in [-0.25, -0.2) is 14.4 Å². The van der Waals surface area contributed by atoms with Crippen LogP contribution in [0, 0.1) is 0 Å². The molecule has 0 saturated carbocycles. The first kappa shape index (κ1) is 54.3. The lowest BCUT2D eigenvalue weighted by atomic mass is 9.74. The molecule has 3 aliphatic carbocycles. The highest BCUT2D eigenvalue weighted by Crippen LogP contribution is 2.46. The van der Waals surface area contributed by atoms with E-state index in [1.54, 1.807) is 21.1 Å². The molecular weight excluding hydrogens is 985 g/mol. The van der Waals surface area contributed by atoms with Crippen LogP contribution in [-0.4, -0.2) is 198 Å². The maximum atomic E-state index is 12.4. The van der Waals surface area contributed by atoms with E-state index in [1.807, 2.05) is 0 Å². The van der Waals surface area contributed by atoms with E-state index in [9.17, 15) is 28.8 Å². The van der Waals surface area contributed by atoms with Crippen LogP contribution in [-0.2, 0) is 33.6 Å². The van der Waals surface area contributed by atoms with Crippen molar-refractivity contribution in [3.63, 3.8) is 0 Å². The van der Waals surface area contributed by atoms with Crippen LogP contribution in [0.5, 0.6) is 0 Å². The maximum absolute atomic E-state index is 12.4. The molecule has 78 heavy (non-hydrogen) atoms. The number of piperidine rings is 3. The lowest BCUT2D eigenvalue weighted by Crippen LogP contribution is -2.56. The standard InChI is InChI=1S/3C20H26N4O2/c3*1-12(25)10-24(3)20(26)22-14-8-16-15-5-4-6-17-19(15)13(9-21-17)7-18(16)23(2)11-14/h3*4-6,9,14,16,18,21H,7-8,10-11H2,1-3H3,(H,22,26). The van der Waals surface area contributed by atoms with Crippen LogP contribution in [0.1, 0.15) is 91.2 Å². The summed E-state index contributed by atoms with van der Waals surface area (Å²) in [5, 5.41) is 13.5. The first-order valence-corrected chi connectivity index (χ1v) is 27.7. The van der Waals surface area contributed by atoms with Gasteiger partial charge >= 0.3 is 18.1 Å². The predicted molar refractivity (Wildman–Crippen MR) is 304 cm³/mol. The summed E-state index contributed by atoms with van der Waals surface area (Å²) >= 11 is 0. The minimum Gasteiger partial charge on any atom is -0.361 e. The van der Waals surface area contributed by atoms with Crippen molar-refractivity contribution >= 4 is 68.2 Å². The lowest BCUT2D eigenvalue weighted by molar-refractivity contribution is -0.118. The van der Waals surface area contributed by atoms with Crippen molar-refractivity contribution in [1.29, 1.82) is 0 Å². The van der Waals surface area contributed by atoms with Crippen molar-refractivity contribution in [3.05, 3.63) is 107 Å². The van der Waals surface area contributed by atoms with Gasteiger partial charge in [-0.2, -0.15) is 0 Å². The fraction of sp³-hybridized carbons (Fsp3) is 0.500. The van der Waals surface area contributed by atoms with Gasteiger partial charge in [0.2, 0.25) is 0 Å². The highest BCUT2D eigenvalue weighted by Gasteiger charge is 2.43. The average Bonchev–Trinajstić information content (AvgIpc) is 4.23. The summed E-state index contributed by atoms with van der Waals surface area (Å²) in [4.78, 5) is 92.6. The minimum absolute atomic E-state index is 0.0116. The number of H-pyrrole nitrogens is 3. The Labute approximate surface area is 457 Å². The third-order valence-corrected chi connectivity index (χ3v) is 17.6. The summed E-state index contributed by atoms with van der Waals surface area (Å²) in [6, 6.07) is 20.6. The molecule has 9 unspecified atom stereocenters. The SMILES string of the molecule is CC(=O)CN(C)C(=O)NC1CC2c3cccc4[nH]cc(c34)CC2N(C)C1.CC(=O)CN(C)C(=O)NC1CC2c3cccc4[nH]cc(c34)CC2N(C)C1.CC(=O)CN(C)C(=O)NC1CC2c3cccc4[nH]cc(c34)CC2N(C)C1. The van der Waals surface area contributed by atoms with Crippen LogP contribution in [0.2, 0.25) is 0 Å². The van der Waals surface area contributed by atoms with Gasteiger partial charge in [0, 0.05) is 146 Å². The zero-order valence-corrected chi connectivity index (χ0v) is 46.7. The minimum atomic E-state index is -0.173. The Morgan fingerprint density at radius 3 is 0.987 bits per heavy atom. The number of amides is 6. The number of hydrogen-bond acceptors (Lipinski definition) is 9. The molecule has 414 valence electrons. The Morgan fingerprint density at radius 1 is 0.462 bits per heavy atom. The number of nitrogens with one attached hydrogen (secondary N) is 6. The van der Waals surface area contributed by atoms with Crippen molar-refractivity contribution < 1.29 is 28.8 Å². The van der Waals surface area contributed by atoms with Crippen LogP contribution in [0.4, 0.5) is 14.4 Å². The molecule has 12 rings (SSSR count). The molecule has 6 N–H and O–H groups in total. The molecule has 9 atom stereocenters. The van der Waals surface area contributed by atoms with E-state index in [4.69, 9.17) is 0 Å². The molecule has 3 aliphatic heterocycles. The second-order valence-corrected chi connectivity index (χ2v) is 23.5. The smallest absolute Gasteiger partial charge is 0.317 e. The van der Waals surface area contributed by atoms with Crippen molar-refractivity contribution in [2.45, 2.75) is 113 Å². The normalized spacial score (nSPS) is 25.0. The Kier molecular flexibility index (Phi) is 15.6. The Bertz CT molecular complexity index is 2910. The molecule has 18 nitrogen and oxygen atoms in total. The number of carbonyl (C=O) groups is 6. The summed E-state index contributed by atoms with van der Waals surface area (Å²) < 4.78 is 0. The van der Waals surface area contributed by atoms with E-state index in [1.165, 1.54) is 102 Å². The number of likely N-dealkylation sites (tertiary alicyclic amines) is 3. The number of aromatic amines is 3. The fourth-order valence-electron chi connectivity index (χ4n) is 14.2. The quantitative estimate of drug-likeness (QED) is 0.0956. The number of rotatable bonds is 9. The summed E-state index contributed by atoms with van der Waals surface area (Å²) in [6.07, 6.45) is 12.3. The van der Waals surface area contributed by atoms with E-state index < -0.39 is 0 Å². The van der Waals surface area contributed by atoms with Crippen LogP contribution in [0.3, 0.4) is 0 Å². The van der Waals surface area contributed by atoms with Crippen molar-refractivity contribution in [3.8, 4) is 0 Å². The van der Waals surface area contributed by atoms with Gasteiger partial charge in [0.1, 0.15) is 17.3 Å². The molecule has 6 aliphatic rings. The molecule has 3 fully saturated rings. The second kappa shape index (κ2) is 22.4. The molecule has 6 heterocycles. The Morgan fingerprint density at radius 2 is 0.731 bits per heavy atom. The van der Waals surface area contributed by atoms with E-state index in [2.05, 4.69) is 140 Å². The van der Waals surface area contributed by atoms with Gasteiger partial charge < -0.3 is 60.3 Å². The molecule has 18 heteroatoms. The summed E-state index contributed by atoms with van der Waals surface area (Å²) in [5.74, 6) is 1.18. The molecular formula is C60H78N12O6. The van der Waals surface area contributed by atoms with Crippen LogP contribution in [0.15, 0.2) is 73.2 Å². The maximum Gasteiger partial charge on any atom is 0.317 e. The number of benzene rings is 3. The summed E-state index contributed by atoms with van der Waals surface area (Å²) in [7, 11) is 11.4. The molecule has 6 aromatic rings. The van der Waals surface area contributed by atoms with Crippen LogP contribution < -0.4 is 16.0 Å². The molecule has 0 radical (unpaired) electrons. The monoisotopic (exact) mass is 1060 g/mol. The first-order chi connectivity index (χ1) is 37.3. The number of carbonyl (C=O) groups excluding carboxylic acids is 6. The van der Waals surface area contributed by atoms with Crippen molar-refractivity contribution in [1.82, 2.24) is 60.3 Å². The lowest BCUT2D eigenvalue weighted by Gasteiger charge is -2.45. The van der Waals surface area contributed by atoms with Gasteiger partial charge in [0.05, 0.1) is 19.6 Å². The first-order valence-electron chi connectivity index (χ1n) is 27.7. The number of nitrogens with zero attached hydrogens (tertiary/aromatic N) is 6. The molecule has 0 spiro atoms. The molecule has 6 amide bonds.